The first-order valence-electron chi connectivity index (χ1n) is 11.4. The highest BCUT2D eigenvalue weighted by Gasteiger charge is 2.28. The van der Waals surface area contributed by atoms with E-state index in [9.17, 15) is 4.79 Å². The summed E-state index contributed by atoms with van der Waals surface area (Å²) >= 11 is 1.46. The molecule has 1 amide bonds. The summed E-state index contributed by atoms with van der Waals surface area (Å²) in [6.07, 6.45) is 2.07. The van der Waals surface area contributed by atoms with Crippen LogP contribution in [0.4, 0.5) is 0 Å². The number of hydrogen-bond donors (Lipinski definition) is 0. The highest BCUT2D eigenvalue weighted by molar-refractivity contribution is 7.17. The van der Waals surface area contributed by atoms with Gasteiger partial charge in [0.2, 0.25) is 0 Å². The van der Waals surface area contributed by atoms with E-state index in [1.807, 2.05) is 66.4 Å². The smallest absolute Gasteiger partial charge is 0.265 e. The van der Waals surface area contributed by atoms with E-state index in [0.717, 1.165) is 71.7 Å². The van der Waals surface area contributed by atoms with Crippen LogP contribution in [0.5, 0.6) is 11.5 Å². The largest absolute Gasteiger partial charge is 0.457 e. The molecule has 1 saturated heterocycles. The van der Waals surface area contributed by atoms with Crippen molar-refractivity contribution in [2.45, 2.75) is 39.7 Å². The molecule has 32 heavy (non-hydrogen) atoms. The predicted molar refractivity (Wildman–Crippen MR) is 131 cm³/mol. The molecule has 6 heteroatoms. The van der Waals surface area contributed by atoms with Crippen LogP contribution in [0.1, 0.15) is 42.1 Å². The van der Waals surface area contributed by atoms with E-state index >= 15 is 0 Å². The third-order valence-corrected chi connectivity index (χ3v) is 7.34. The quantitative estimate of drug-likeness (QED) is 0.453. The zero-order valence-electron chi connectivity index (χ0n) is 19.1. The molecule has 0 aliphatic carbocycles. The van der Waals surface area contributed by atoms with E-state index in [4.69, 9.17) is 9.72 Å². The van der Waals surface area contributed by atoms with Gasteiger partial charge >= 0.3 is 0 Å². The lowest BCUT2D eigenvalue weighted by Crippen LogP contribution is -2.46. The molecule has 2 aromatic carbocycles. The minimum absolute atomic E-state index is 0.103. The van der Waals surface area contributed by atoms with Gasteiger partial charge in [-0.05, 0) is 57.1 Å². The van der Waals surface area contributed by atoms with Crippen molar-refractivity contribution in [2.75, 3.05) is 26.2 Å². The average molecular weight is 450 g/mol. The van der Waals surface area contributed by atoms with Crippen LogP contribution in [0, 0.1) is 6.92 Å². The lowest BCUT2D eigenvalue weighted by Gasteiger charge is -2.37. The Morgan fingerprint density at radius 1 is 1.06 bits per heavy atom. The number of benzene rings is 2. The first-order valence-corrected chi connectivity index (χ1v) is 12.2. The highest BCUT2D eigenvalue weighted by atomic mass is 32.1. The maximum Gasteiger partial charge on any atom is 0.265 e. The SMILES string of the molecule is CCN(CC)C1CCN(C(=O)c2sc(-c3ccccc3Oc3ccccc3)nc2C)CC1. The fourth-order valence-corrected chi connectivity index (χ4v) is 5.44. The van der Waals surface area contributed by atoms with Gasteiger partial charge in [-0.15, -0.1) is 11.3 Å². The standard InChI is InChI=1S/C26H31N3O2S/c1-4-28(5-2)20-15-17-29(18-16-20)26(30)24-19(3)27-25(32-24)22-13-9-10-14-23(22)31-21-11-7-6-8-12-21/h6-14,20H,4-5,15-18H2,1-3H3. The van der Waals surface area contributed by atoms with Crippen molar-refractivity contribution in [1.29, 1.82) is 0 Å². The summed E-state index contributed by atoms with van der Waals surface area (Å²) in [6, 6.07) is 18.2. The molecule has 3 aromatic rings. The topological polar surface area (TPSA) is 45.7 Å². The number of rotatable bonds is 7. The Hall–Kier alpha value is -2.70. The van der Waals surface area contributed by atoms with Crippen LogP contribution >= 0.6 is 11.3 Å². The van der Waals surface area contributed by atoms with Crippen molar-refractivity contribution in [3.05, 3.63) is 65.2 Å². The fraction of sp³-hybridized carbons (Fsp3) is 0.385. The first-order chi connectivity index (χ1) is 15.6. The lowest BCUT2D eigenvalue weighted by atomic mass is 10.0. The van der Waals surface area contributed by atoms with Gasteiger partial charge in [0, 0.05) is 19.1 Å². The number of amides is 1. The summed E-state index contributed by atoms with van der Waals surface area (Å²) in [5.41, 5.74) is 1.69. The normalized spacial score (nSPS) is 14.7. The Balaban J connectivity index is 1.51. The van der Waals surface area contributed by atoms with Crippen LogP contribution in [0.2, 0.25) is 0 Å². The second kappa shape index (κ2) is 10.3. The number of ether oxygens (including phenoxy) is 1. The van der Waals surface area contributed by atoms with E-state index in [1.165, 1.54) is 11.3 Å². The van der Waals surface area contributed by atoms with Gasteiger partial charge in [0.1, 0.15) is 21.4 Å². The molecule has 4 rings (SSSR count). The minimum Gasteiger partial charge on any atom is -0.457 e. The number of nitrogens with zero attached hydrogens (tertiary/aromatic N) is 3. The number of piperidine rings is 1. The molecular formula is C26H31N3O2S. The second-order valence-corrected chi connectivity index (χ2v) is 9.09. The molecule has 0 saturated carbocycles. The van der Waals surface area contributed by atoms with Crippen LogP contribution in [-0.4, -0.2) is 52.9 Å². The van der Waals surface area contributed by atoms with Gasteiger partial charge in [-0.3, -0.25) is 4.79 Å². The molecule has 1 fully saturated rings. The van der Waals surface area contributed by atoms with E-state index in [1.54, 1.807) is 0 Å². The Morgan fingerprint density at radius 3 is 2.41 bits per heavy atom. The summed E-state index contributed by atoms with van der Waals surface area (Å²) in [6.45, 7) is 10.1. The fourth-order valence-electron chi connectivity index (χ4n) is 4.38. The second-order valence-electron chi connectivity index (χ2n) is 8.09. The van der Waals surface area contributed by atoms with Crippen molar-refractivity contribution in [3.8, 4) is 22.1 Å². The number of carbonyl (C=O) groups is 1. The van der Waals surface area contributed by atoms with Crippen molar-refractivity contribution in [2.24, 2.45) is 0 Å². The molecule has 0 N–H and O–H groups in total. The Bertz CT molecular complexity index is 1040. The summed E-state index contributed by atoms with van der Waals surface area (Å²) < 4.78 is 6.11. The minimum atomic E-state index is 0.103. The van der Waals surface area contributed by atoms with Crippen LogP contribution in [-0.2, 0) is 0 Å². The Labute approximate surface area is 194 Å². The molecule has 0 atom stereocenters. The number of thiazole rings is 1. The number of aromatic nitrogens is 1. The van der Waals surface area contributed by atoms with E-state index in [2.05, 4.69) is 18.7 Å². The zero-order chi connectivity index (χ0) is 22.5. The summed E-state index contributed by atoms with van der Waals surface area (Å²) in [5.74, 6) is 1.62. The van der Waals surface area contributed by atoms with Gasteiger partial charge in [-0.1, -0.05) is 44.2 Å². The maximum absolute atomic E-state index is 13.3. The first kappa shape index (κ1) is 22.5. The monoisotopic (exact) mass is 449 g/mol. The van der Waals surface area contributed by atoms with Crippen molar-refractivity contribution >= 4 is 17.2 Å². The molecule has 1 aromatic heterocycles. The van der Waals surface area contributed by atoms with Crippen LogP contribution in [0.3, 0.4) is 0 Å². The Kier molecular flexibility index (Phi) is 7.22. The number of carbonyl (C=O) groups excluding carboxylic acids is 1. The number of para-hydroxylation sites is 2. The van der Waals surface area contributed by atoms with E-state index < -0.39 is 0 Å². The number of likely N-dealkylation sites (tertiary alicyclic amines) is 1. The van der Waals surface area contributed by atoms with E-state index in [-0.39, 0.29) is 5.91 Å². The molecule has 5 nitrogen and oxygen atoms in total. The third kappa shape index (κ3) is 4.87. The molecule has 0 spiro atoms. The van der Waals surface area contributed by atoms with Crippen LogP contribution in [0.15, 0.2) is 54.6 Å². The van der Waals surface area contributed by atoms with Crippen molar-refractivity contribution in [1.82, 2.24) is 14.8 Å². The lowest BCUT2D eigenvalue weighted by molar-refractivity contribution is 0.0635. The van der Waals surface area contributed by atoms with Gasteiger partial charge in [-0.25, -0.2) is 4.98 Å². The van der Waals surface area contributed by atoms with Crippen LogP contribution < -0.4 is 4.74 Å². The molecular weight excluding hydrogens is 418 g/mol. The van der Waals surface area contributed by atoms with Crippen molar-refractivity contribution in [3.63, 3.8) is 0 Å². The molecule has 0 unspecified atom stereocenters. The highest BCUT2D eigenvalue weighted by Crippen LogP contribution is 2.37. The van der Waals surface area contributed by atoms with Gasteiger partial charge in [0.05, 0.1) is 11.3 Å². The average Bonchev–Trinajstić information content (AvgIpc) is 3.22. The molecule has 1 aliphatic rings. The zero-order valence-corrected chi connectivity index (χ0v) is 19.9. The molecule has 168 valence electrons. The van der Waals surface area contributed by atoms with E-state index in [0.29, 0.717) is 6.04 Å². The molecule has 0 radical (unpaired) electrons. The molecule has 1 aliphatic heterocycles. The van der Waals surface area contributed by atoms with Crippen molar-refractivity contribution < 1.29 is 9.53 Å². The predicted octanol–water partition coefficient (Wildman–Crippen LogP) is 5.86. The molecule has 0 bridgehead atoms. The van der Waals surface area contributed by atoms with Gasteiger partial charge in [0.25, 0.3) is 5.91 Å². The maximum atomic E-state index is 13.3. The third-order valence-electron chi connectivity index (χ3n) is 6.16. The number of aryl methyl sites for hydroxylation is 1. The van der Waals surface area contributed by atoms with Gasteiger partial charge in [-0.2, -0.15) is 0 Å². The summed E-state index contributed by atoms with van der Waals surface area (Å²) in [4.78, 5) is 23.3. The van der Waals surface area contributed by atoms with Crippen LogP contribution in [0.25, 0.3) is 10.6 Å². The Morgan fingerprint density at radius 2 is 1.72 bits per heavy atom. The molecule has 2 heterocycles. The number of hydrogen-bond acceptors (Lipinski definition) is 5. The van der Waals surface area contributed by atoms with Gasteiger partial charge < -0.3 is 14.5 Å². The summed E-state index contributed by atoms with van der Waals surface area (Å²) in [7, 11) is 0. The summed E-state index contributed by atoms with van der Waals surface area (Å²) in [5, 5.41) is 0.815. The van der Waals surface area contributed by atoms with Gasteiger partial charge in [0.15, 0.2) is 0 Å².